The van der Waals surface area contributed by atoms with E-state index in [1.165, 1.54) is 0 Å². The molecule has 9 heavy (non-hydrogen) atoms. The van der Waals surface area contributed by atoms with Crippen LogP contribution in [0.1, 0.15) is 6.42 Å². The number of aliphatic carboxylic acids is 1. The molecule has 0 aliphatic carbocycles. The van der Waals surface area contributed by atoms with Crippen molar-refractivity contribution in [3.05, 3.63) is 0 Å². The summed E-state index contributed by atoms with van der Waals surface area (Å²) in [5, 5.41) is 8.19. The Bertz CT molecular complexity index is 137. The van der Waals surface area contributed by atoms with Crippen molar-refractivity contribution in [3.63, 3.8) is 0 Å². The fourth-order valence-electron chi connectivity index (χ4n) is 0.304. The molecule has 0 amide bonds. The molecular formula is C4H8N2O2S. The number of carbonyl (C=O) groups is 1. The van der Waals surface area contributed by atoms with Crippen molar-refractivity contribution in [2.75, 3.05) is 0 Å². The highest BCUT2D eigenvalue weighted by molar-refractivity contribution is 7.80. The summed E-state index contributed by atoms with van der Waals surface area (Å²) >= 11 is 4.43. The Hall–Kier alpha value is -0.680. The number of hydrogen-bond donors (Lipinski definition) is 3. The second-order valence-corrected chi connectivity index (χ2v) is 2.14. The van der Waals surface area contributed by atoms with Crippen LogP contribution in [0.15, 0.2) is 0 Å². The number of carboxylic acid groups (broad SMARTS) is 1. The lowest BCUT2D eigenvalue weighted by Gasteiger charge is -2.01. The Labute approximate surface area is 57.8 Å². The van der Waals surface area contributed by atoms with Crippen molar-refractivity contribution in [3.8, 4) is 0 Å². The van der Waals surface area contributed by atoms with Crippen LogP contribution in [0.5, 0.6) is 0 Å². The van der Waals surface area contributed by atoms with Crippen LogP contribution in [0.4, 0.5) is 0 Å². The molecule has 0 aromatic rings. The molecule has 0 heterocycles. The predicted molar refractivity (Wildman–Crippen MR) is 37.0 cm³/mol. The maximum atomic E-state index is 9.99. The van der Waals surface area contributed by atoms with Gasteiger partial charge in [-0.05, 0) is 0 Å². The van der Waals surface area contributed by atoms with Crippen LogP contribution in [0.3, 0.4) is 0 Å². The van der Waals surface area contributed by atoms with Crippen LogP contribution in [-0.2, 0) is 4.79 Å². The van der Waals surface area contributed by atoms with Gasteiger partial charge in [-0.3, -0.25) is 4.79 Å². The van der Waals surface area contributed by atoms with Gasteiger partial charge < -0.3 is 16.6 Å². The van der Waals surface area contributed by atoms with Crippen molar-refractivity contribution < 1.29 is 9.90 Å². The van der Waals surface area contributed by atoms with Crippen LogP contribution >= 0.6 is 12.2 Å². The topological polar surface area (TPSA) is 89.3 Å². The van der Waals surface area contributed by atoms with Gasteiger partial charge in [0.15, 0.2) is 0 Å². The molecule has 1 atom stereocenters. The molecule has 0 unspecified atom stereocenters. The smallest absolute Gasteiger partial charge is 0.320 e. The molecule has 0 bridgehead atoms. The van der Waals surface area contributed by atoms with Gasteiger partial charge in [0.05, 0.1) is 4.99 Å². The van der Waals surface area contributed by atoms with E-state index >= 15 is 0 Å². The van der Waals surface area contributed by atoms with E-state index in [9.17, 15) is 4.79 Å². The summed E-state index contributed by atoms with van der Waals surface area (Å²) in [5.41, 5.74) is 10.1. The van der Waals surface area contributed by atoms with Crippen molar-refractivity contribution in [2.24, 2.45) is 11.5 Å². The Balaban J connectivity index is 3.63. The number of rotatable bonds is 3. The van der Waals surface area contributed by atoms with Gasteiger partial charge in [0, 0.05) is 6.42 Å². The molecule has 0 aromatic carbocycles. The summed E-state index contributed by atoms with van der Waals surface area (Å²) in [6.45, 7) is 0. The molecule has 0 saturated carbocycles. The first-order valence-corrected chi connectivity index (χ1v) is 2.71. The van der Waals surface area contributed by atoms with Crippen LogP contribution in [-0.4, -0.2) is 22.1 Å². The maximum Gasteiger partial charge on any atom is 0.320 e. The maximum absolute atomic E-state index is 9.99. The largest absolute Gasteiger partial charge is 0.480 e. The summed E-state index contributed by atoms with van der Waals surface area (Å²) in [6, 6.07) is -0.956. The third-order valence-corrected chi connectivity index (χ3v) is 0.905. The Morgan fingerprint density at radius 3 is 2.33 bits per heavy atom. The molecule has 5 heteroatoms. The minimum atomic E-state index is -1.08. The van der Waals surface area contributed by atoms with Gasteiger partial charge in [0.2, 0.25) is 0 Å². The summed E-state index contributed by atoms with van der Waals surface area (Å²) < 4.78 is 0. The monoisotopic (exact) mass is 148 g/mol. The lowest BCUT2D eigenvalue weighted by atomic mass is 10.2. The number of carboxylic acids is 1. The van der Waals surface area contributed by atoms with E-state index in [1.54, 1.807) is 0 Å². The van der Waals surface area contributed by atoms with Gasteiger partial charge in [-0.2, -0.15) is 0 Å². The average molecular weight is 148 g/mol. The standard InChI is InChI=1S/C4H8N2O2S/c5-2(4(7)8)1-3(6)9/h2H,1,5H2,(H2,6,9)(H,7,8)/t2-/m0/s1. The molecule has 0 aliphatic heterocycles. The lowest BCUT2D eigenvalue weighted by Crippen LogP contribution is -2.34. The van der Waals surface area contributed by atoms with Gasteiger partial charge in [0.1, 0.15) is 6.04 Å². The second kappa shape index (κ2) is 3.37. The van der Waals surface area contributed by atoms with E-state index in [2.05, 4.69) is 12.2 Å². The molecule has 0 aromatic heterocycles. The summed E-state index contributed by atoms with van der Waals surface area (Å²) in [4.78, 5) is 10.1. The van der Waals surface area contributed by atoms with Crippen molar-refractivity contribution in [1.82, 2.24) is 0 Å². The molecule has 0 aliphatic rings. The van der Waals surface area contributed by atoms with Crippen molar-refractivity contribution in [1.29, 1.82) is 0 Å². The molecule has 0 radical (unpaired) electrons. The first-order chi connectivity index (χ1) is 4.04. The summed E-state index contributed by atoms with van der Waals surface area (Å²) in [7, 11) is 0. The predicted octanol–water partition coefficient (Wildman–Crippen LogP) is -0.925. The Kier molecular flexibility index (Phi) is 3.11. The van der Waals surface area contributed by atoms with Gasteiger partial charge in [-0.15, -0.1) is 0 Å². The van der Waals surface area contributed by atoms with E-state index in [1.807, 2.05) is 0 Å². The fraction of sp³-hybridized carbons (Fsp3) is 0.500. The molecule has 0 spiro atoms. The van der Waals surface area contributed by atoms with E-state index in [0.29, 0.717) is 0 Å². The zero-order chi connectivity index (χ0) is 7.44. The van der Waals surface area contributed by atoms with E-state index < -0.39 is 12.0 Å². The van der Waals surface area contributed by atoms with Gasteiger partial charge >= 0.3 is 5.97 Å². The molecule has 5 N–H and O–H groups in total. The fourth-order valence-corrected chi connectivity index (χ4v) is 0.484. The Morgan fingerprint density at radius 2 is 2.22 bits per heavy atom. The quantitative estimate of drug-likeness (QED) is 0.450. The minimum Gasteiger partial charge on any atom is -0.480 e. The number of thiocarbonyl (C=S) groups is 1. The van der Waals surface area contributed by atoms with Crippen LogP contribution in [0.25, 0.3) is 0 Å². The molecule has 0 rings (SSSR count). The van der Waals surface area contributed by atoms with Crippen molar-refractivity contribution >= 4 is 23.2 Å². The normalized spacial score (nSPS) is 12.6. The van der Waals surface area contributed by atoms with Crippen LogP contribution in [0, 0.1) is 0 Å². The average Bonchev–Trinajstić information content (AvgIpc) is 1.63. The number of hydrogen-bond acceptors (Lipinski definition) is 3. The highest BCUT2D eigenvalue weighted by Gasteiger charge is 2.11. The third-order valence-electron chi connectivity index (χ3n) is 0.738. The second-order valence-electron chi connectivity index (χ2n) is 1.62. The first-order valence-electron chi connectivity index (χ1n) is 2.30. The molecular weight excluding hydrogens is 140 g/mol. The zero-order valence-electron chi connectivity index (χ0n) is 4.70. The minimum absolute atomic E-state index is 0.0602. The van der Waals surface area contributed by atoms with E-state index in [0.717, 1.165) is 0 Å². The molecule has 0 saturated heterocycles. The first kappa shape index (κ1) is 8.32. The van der Waals surface area contributed by atoms with Gasteiger partial charge in [-0.25, -0.2) is 0 Å². The number of nitrogens with two attached hydrogens (primary N) is 2. The summed E-state index contributed by atoms with van der Waals surface area (Å²) in [5.74, 6) is -1.08. The Morgan fingerprint density at radius 1 is 1.78 bits per heavy atom. The van der Waals surface area contributed by atoms with Gasteiger partial charge in [-0.1, -0.05) is 12.2 Å². The molecule has 0 fully saturated rings. The molecule has 4 nitrogen and oxygen atoms in total. The highest BCUT2D eigenvalue weighted by Crippen LogP contribution is 1.86. The zero-order valence-corrected chi connectivity index (χ0v) is 5.52. The SMILES string of the molecule is NC(=S)C[C@H](N)C(=O)O. The van der Waals surface area contributed by atoms with Crippen LogP contribution < -0.4 is 11.5 Å². The van der Waals surface area contributed by atoms with E-state index in [-0.39, 0.29) is 11.4 Å². The molecule has 52 valence electrons. The van der Waals surface area contributed by atoms with Gasteiger partial charge in [0.25, 0.3) is 0 Å². The van der Waals surface area contributed by atoms with E-state index in [4.69, 9.17) is 16.6 Å². The van der Waals surface area contributed by atoms with Crippen molar-refractivity contribution in [2.45, 2.75) is 12.5 Å². The third kappa shape index (κ3) is 3.87. The van der Waals surface area contributed by atoms with Crippen LogP contribution in [0.2, 0.25) is 0 Å². The summed E-state index contributed by atoms with van der Waals surface area (Å²) in [6.07, 6.45) is 0.0602. The highest BCUT2D eigenvalue weighted by atomic mass is 32.1. The lowest BCUT2D eigenvalue weighted by molar-refractivity contribution is -0.138.